The number of ether oxygens (including phenoxy) is 1. The molecule has 2 N–H and O–H groups in total. The summed E-state index contributed by atoms with van der Waals surface area (Å²) in [6.45, 7) is 0. The topological polar surface area (TPSA) is 69.7 Å². The number of methoxy groups -OCH3 is 1. The van der Waals surface area contributed by atoms with Gasteiger partial charge in [-0.15, -0.1) is 0 Å². The minimum Gasteiger partial charge on any atom is -0.495 e. The van der Waals surface area contributed by atoms with Gasteiger partial charge in [-0.2, -0.15) is 0 Å². The van der Waals surface area contributed by atoms with Gasteiger partial charge in [0.05, 0.1) is 13.3 Å². The number of oxime groups is 1. The molecule has 0 amide bonds. The fourth-order valence-electron chi connectivity index (χ4n) is 0.798. The van der Waals surface area contributed by atoms with Crippen LogP contribution >= 0.6 is 0 Å². The van der Waals surface area contributed by atoms with Crippen LogP contribution in [-0.4, -0.2) is 25.0 Å². The molecule has 5 heteroatoms. The van der Waals surface area contributed by atoms with Crippen LogP contribution in [0.3, 0.4) is 0 Å². The molecule has 0 spiro atoms. The summed E-state index contributed by atoms with van der Waals surface area (Å²) in [4.78, 5) is 8.51. The van der Waals surface area contributed by atoms with Gasteiger partial charge >= 0.3 is 0 Å². The molecule has 1 aromatic rings. The molecule has 13 heavy (non-hydrogen) atoms. The lowest BCUT2D eigenvalue weighted by Gasteiger charge is -2.00. The van der Waals surface area contributed by atoms with Gasteiger partial charge in [0.2, 0.25) is 0 Å². The first kappa shape index (κ1) is 9.31. The van der Waals surface area contributed by atoms with E-state index in [9.17, 15) is 0 Å². The van der Waals surface area contributed by atoms with E-state index in [1.165, 1.54) is 7.11 Å². The Morgan fingerprint density at radius 1 is 1.46 bits per heavy atom. The van der Waals surface area contributed by atoms with E-state index in [0.717, 1.165) is 0 Å². The highest BCUT2D eigenvalue weighted by atomic mass is 16.6. The summed E-state index contributed by atoms with van der Waals surface area (Å²) >= 11 is 0. The Morgan fingerprint density at radius 2 is 2.23 bits per heavy atom. The van der Waals surface area contributed by atoms with E-state index in [2.05, 4.69) is 15.0 Å². The first-order valence-electron chi connectivity index (χ1n) is 3.65. The second-order valence-electron chi connectivity index (χ2n) is 2.24. The fraction of sp³-hybridized carbons (Fsp3) is 0.250. The third kappa shape index (κ3) is 2.33. The molecule has 0 aromatic carbocycles. The van der Waals surface area contributed by atoms with Gasteiger partial charge in [-0.05, 0) is 12.1 Å². The third-order valence-electron chi connectivity index (χ3n) is 1.42. The summed E-state index contributed by atoms with van der Waals surface area (Å²) in [5, 5.41) is 3.54. The molecule has 0 unspecified atom stereocenters. The Balaban J connectivity index is 2.85. The Kier molecular flexibility index (Phi) is 3.08. The van der Waals surface area contributed by atoms with Gasteiger partial charge in [0.1, 0.15) is 18.6 Å². The molecule has 1 rings (SSSR count). The molecule has 0 saturated heterocycles. The van der Waals surface area contributed by atoms with Crippen molar-refractivity contribution in [3.05, 3.63) is 24.0 Å². The van der Waals surface area contributed by atoms with Gasteiger partial charge < -0.3 is 15.3 Å². The van der Waals surface area contributed by atoms with Crippen molar-refractivity contribution in [3.8, 4) is 5.75 Å². The van der Waals surface area contributed by atoms with Crippen molar-refractivity contribution in [2.45, 2.75) is 0 Å². The van der Waals surface area contributed by atoms with E-state index in [1.54, 1.807) is 25.4 Å². The molecular formula is C8H11N3O2. The summed E-state index contributed by atoms with van der Waals surface area (Å²) in [5.74, 6) is 0.916. The first-order chi connectivity index (χ1) is 6.27. The average molecular weight is 181 g/mol. The van der Waals surface area contributed by atoms with Gasteiger partial charge in [0.25, 0.3) is 0 Å². The number of amidine groups is 1. The Bertz CT molecular complexity index is 295. The zero-order chi connectivity index (χ0) is 9.68. The van der Waals surface area contributed by atoms with E-state index < -0.39 is 0 Å². The van der Waals surface area contributed by atoms with Gasteiger partial charge in [0.15, 0.2) is 5.84 Å². The summed E-state index contributed by atoms with van der Waals surface area (Å²) < 4.78 is 4.93. The predicted molar refractivity (Wildman–Crippen MR) is 48.5 cm³/mol. The lowest BCUT2D eigenvalue weighted by molar-refractivity contribution is 0.213. The van der Waals surface area contributed by atoms with Crippen LogP contribution in [0.5, 0.6) is 5.75 Å². The van der Waals surface area contributed by atoms with Gasteiger partial charge in [-0.3, -0.25) is 0 Å². The first-order valence-corrected chi connectivity index (χ1v) is 3.65. The van der Waals surface area contributed by atoms with Crippen molar-refractivity contribution in [1.82, 2.24) is 4.98 Å². The molecule has 0 aliphatic carbocycles. The summed E-state index contributed by atoms with van der Waals surface area (Å²) in [6.07, 6.45) is 1.56. The SMILES string of the molecule is CO/N=C(\N)c1ccc(OC)cn1. The van der Waals surface area contributed by atoms with Crippen LogP contribution < -0.4 is 10.5 Å². The molecule has 0 aliphatic rings. The van der Waals surface area contributed by atoms with Gasteiger partial charge in [0, 0.05) is 0 Å². The average Bonchev–Trinajstić information content (AvgIpc) is 2.18. The molecule has 0 aliphatic heterocycles. The molecule has 70 valence electrons. The maximum absolute atomic E-state index is 5.52. The van der Waals surface area contributed by atoms with Crippen molar-refractivity contribution in [1.29, 1.82) is 0 Å². The largest absolute Gasteiger partial charge is 0.495 e. The smallest absolute Gasteiger partial charge is 0.188 e. The molecule has 1 aromatic heterocycles. The summed E-state index contributed by atoms with van der Waals surface area (Å²) in [5.41, 5.74) is 6.08. The monoisotopic (exact) mass is 181 g/mol. The predicted octanol–water partition coefficient (Wildman–Crippen LogP) is 0.357. The highest BCUT2D eigenvalue weighted by Gasteiger charge is 2.00. The normalized spacial score (nSPS) is 11.1. The van der Waals surface area contributed by atoms with Crippen molar-refractivity contribution >= 4 is 5.84 Å². The number of aromatic nitrogens is 1. The third-order valence-corrected chi connectivity index (χ3v) is 1.42. The Labute approximate surface area is 76.2 Å². The molecule has 0 atom stereocenters. The van der Waals surface area contributed by atoms with Gasteiger partial charge in [-0.1, -0.05) is 5.16 Å². The van der Waals surface area contributed by atoms with Crippen LogP contribution in [0.4, 0.5) is 0 Å². The van der Waals surface area contributed by atoms with Gasteiger partial charge in [-0.25, -0.2) is 4.98 Å². The van der Waals surface area contributed by atoms with Crippen LogP contribution in [0.25, 0.3) is 0 Å². The van der Waals surface area contributed by atoms with E-state index in [-0.39, 0.29) is 5.84 Å². The minimum atomic E-state index is 0.241. The quantitative estimate of drug-likeness (QED) is 0.415. The van der Waals surface area contributed by atoms with Crippen LogP contribution in [0.2, 0.25) is 0 Å². The van der Waals surface area contributed by atoms with Crippen molar-refractivity contribution in [3.63, 3.8) is 0 Å². The van der Waals surface area contributed by atoms with Crippen molar-refractivity contribution < 1.29 is 9.57 Å². The maximum atomic E-state index is 5.52. The number of nitrogens with two attached hydrogens (primary N) is 1. The zero-order valence-electron chi connectivity index (χ0n) is 7.52. The van der Waals surface area contributed by atoms with Crippen molar-refractivity contribution in [2.75, 3.05) is 14.2 Å². The van der Waals surface area contributed by atoms with Crippen LogP contribution in [0.15, 0.2) is 23.5 Å². The van der Waals surface area contributed by atoms with E-state index >= 15 is 0 Å². The molecule has 0 fully saturated rings. The second-order valence-corrected chi connectivity index (χ2v) is 2.24. The van der Waals surface area contributed by atoms with Crippen LogP contribution in [-0.2, 0) is 4.84 Å². The second kappa shape index (κ2) is 4.30. The Morgan fingerprint density at radius 3 is 2.69 bits per heavy atom. The standard InChI is InChI=1S/C8H11N3O2/c1-12-6-3-4-7(10-5-6)8(9)11-13-2/h3-5H,1-2H3,(H2,9,11). The molecule has 0 saturated carbocycles. The van der Waals surface area contributed by atoms with E-state index in [4.69, 9.17) is 10.5 Å². The molecule has 1 heterocycles. The number of hydrogen-bond donors (Lipinski definition) is 1. The lowest BCUT2D eigenvalue weighted by Crippen LogP contribution is -2.15. The maximum Gasteiger partial charge on any atom is 0.188 e. The van der Waals surface area contributed by atoms with Crippen LogP contribution in [0, 0.1) is 0 Å². The fourth-order valence-corrected chi connectivity index (χ4v) is 0.798. The summed E-state index contributed by atoms with van der Waals surface area (Å²) in [7, 11) is 3.00. The minimum absolute atomic E-state index is 0.241. The highest BCUT2D eigenvalue weighted by molar-refractivity contribution is 5.95. The van der Waals surface area contributed by atoms with Crippen LogP contribution in [0.1, 0.15) is 5.69 Å². The zero-order valence-corrected chi connectivity index (χ0v) is 7.52. The molecular weight excluding hydrogens is 170 g/mol. The number of pyridine rings is 1. The highest BCUT2D eigenvalue weighted by Crippen LogP contribution is 2.07. The number of rotatable bonds is 3. The number of nitrogens with zero attached hydrogens (tertiary/aromatic N) is 2. The molecule has 0 bridgehead atoms. The van der Waals surface area contributed by atoms with E-state index in [0.29, 0.717) is 11.4 Å². The molecule has 5 nitrogen and oxygen atoms in total. The number of hydrogen-bond acceptors (Lipinski definition) is 4. The molecule has 0 radical (unpaired) electrons. The van der Waals surface area contributed by atoms with E-state index in [1.807, 2.05) is 0 Å². The lowest BCUT2D eigenvalue weighted by atomic mass is 10.3. The Hall–Kier alpha value is -1.78. The van der Waals surface area contributed by atoms with Crippen molar-refractivity contribution in [2.24, 2.45) is 10.9 Å². The summed E-state index contributed by atoms with van der Waals surface area (Å²) in [6, 6.07) is 3.46.